The number of nitrogens with one attached hydrogen (secondary N) is 3. The number of carbonyl (C=O) groups is 2. The molecule has 0 saturated heterocycles. The van der Waals surface area contributed by atoms with Crippen LogP contribution in [0.25, 0.3) is 6.08 Å². The molecule has 1 unspecified atom stereocenters. The van der Waals surface area contributed by atoms with Gasteiger partial charge >= 0.3 is 0 Å². The first-order chi connectivity index (χ1) is 12.7. The van der Waals surface area contributed by atoms with Gasteiger partial charge in [-0.05, 0) is 41.8 Å². The highest BCUT2D eigenvalue weighted by Gasteiger charge is 2.21. The van der Waals surface area contributed by atoms with E-state index in [2.05, 4.69) is 22.8 Å². The van der Waals surface area contributed by atoms with Gasteiger partial charge in [0.05, 0.1) is 0 Å². The Morgan fingerprint density at radius 3 is 2.69 bits per heavy atom. The number of hydrogen-bond acceptors (Lipinski definition) is 4. The normalized spacial score (nSPS) is 15.3. The number of hydroxylamine groups is 1. The standard InChI is InChI=1S/C20H21N3O3/c24-19(23-26)10-7-14-5-8-15(9-6-14)20(25)21-12-11-16-13-22-18-4-2-1-3-17(16)18/h1-10,16,22,26H,11-13H2,(H,21,25)(H,23,24). The van der Waals surface area contributed by atoms with Crippen LogP contribution in [-0.2, 0) is 4.79 Å². The molecule has 0 spiro atoms. The van der Waals surface area contributed by atoms with Crippen molar-refractivity contribution >= 4 is 23.6 Å². The zero-order valence-electron chi connectivity index (χ0n) is 14.2. The van der Waals surface area contributed by atoms with Gasteiger partial charge in [-0.1, -0.05) is 30.3 Å². The van der Waals surface area contributed by atoms with Crippen molar-refractivity contribution < 1.29 is 14.8 Å². The number of fused-ring (bicyclic) bond motifs is 1. The van der Waals surface area contributed by atoms with Gasteiger partial charge in [-0.25, -0.2) is 5.48 Å². The molecule has 26 heavy (non-hydrogen) atoms. The summed E-state index contributed by atoms with van der Waals surface area (Å²) in [6.07, 6.45) is 3.65. The van der Waals surface area contributed by atoms with Crippen molar-refractivity contribution in [1.29, 1.82) is 0 Å². The van der Waals surface area contributed by atoms with Gasteiger partial charge < -0.3 is 10.6 Å². The molecule has 134 valence electrons. The summed E-state index contributed by atoms with van der Waals surface area (Å²) in [6.45, 7) is 1.51. The molecule has 0 bridgehead atoms. The highest BCUT2D eigenvalue weighted by atomic mass is 16.5. The smallest absolute Gasteiger partial charge is 0.267 e. The van der Waals surface area contributed by atoms with E-state index < -0.39 is 5.91 Å². The van der Waals surface area contributed by atoms with Gasteiger partial charge in [-0.2, -0.15) is 0 Å². The second kappa shape index (κ2) is 8.31. The average Bonchev–Trinajstić information content (AvgIpc) is 3.09. The van der Waals surface area contributed by atoms with Gasteiger partial charge in [0.15, 0.2) is 0 Å². The Labute approximate surface area is 151 Å². The monoisotopic (exact) mass is 351 g/mol. The van der Waals surface area contributed by atoms with Gasteiger partial charge in [0.1, 0.15) is 0 Å². The first-order valence-corrected chi connectivity index (χ1v) is 8.50. The summed E-state index contributed by atoms with van der Waals surface area (Å²) in [5, 5.41) is 14.8. The van der Waals surface area contributed by atoms with Crippen molar-refractivity contribution in [3.63, 3.8) is 0 Å². The highest BCUT2D eigenvalue weighted by Crippen LogP contribution is 2.32. The molecule has 1 aliphatic rings. The van der Waals surface area contributed by atoms with E-state index in [4.69, 9.17) is 5.21 Å². The first kappa shape index (κ1) is 17.7. The fourth-order valence-electron chi connectivity index (χ4n) is 3.03. The number of para-hydroxylation sites is 1. The van der Waals surface area contributed by atoms with Crippen molar-refractivity contribution in [3.05, 3.63) is 71.3 Å². The van der Waals surface area contributed by atoms with E-state index in [1.165, 1.54) is 22.8 Å². The molecule has 0 aliphatic carbocycles. The SMILES string of the molecule is O=C(C=Cc1ccc(C(=O)NCCC2CNc3ccccc32)cc1)NO. The average molecular weight is 351 g/mol. The van der Waals surface area contributed by atoms with E-state index in [-0.39, 0.29) is 5.91 Å². The third-order valence-electron chi connectivity index (χ3n) is 4.43. The van der Waals surface area contributed by atoms with Crippen LogP contribution in [0, 0.1) is 0 Å². The molecule has 3 rings (SSSR count). The van der Waals surface area contributed by atoms with Crippen LogP contribution in [-0.4, -0.2) is 30.1 Å². The summed E-state index contributed by atoms with van der Waals surface area (Å²) in [6, 6.07) is 15.2. The third-order valence-corrected chi connectivity index (χ3v) is 4.43. The summed E-state index contributed by atoms with van der Waals surface area (Å²) in [5.41, 5.74) is 5.35. The maximum Gasteiger partial charge on any atom is 0.267 e. The molecule has 6 heteroatoms. The minimum atomic E-state index is -0.602. The predicted octanol–water partition coefficient (Wildman–Crippen LogP) is 2.53. The second-order valence-corrected chi connectivity index (χ2v) is 6.14. The minimum Gasteiger partial charge on any atom is -0.384 e. The molecule has 2 aromatic rings. The lowest BCUT2D eigenvalue weighted by Crippen LogP contribution is -2.25. The minimum absolute atomic E-state index is 0.118. The molecule has 1 aliphatic heterocycles. The molecule has 6 nitrogen and oxygen atoms in total. The van der Waals surface area contributed by atoms with Crippen LogP contribution < -0.4 is 16.1 Å². The zero-order chi connectivity index (χ0) is 18.4. The van der Waals surface area contributed by atoms with Crippen LogP contribution in [0.15, 0.2) is 54.6 Å². The lowest BCUT2D eigenvalue weighted by Gasteiger charge is -2.11. The molecular weight excluding hydrogens is 330 g/mol. The number of anilines is 1. The fourth-order valence-corrected chi connectivity index (χ4v) is 3.03. The second-order valence-electron chi connectivity index (χ2n) is 6.14. The van der Waals surface area contributed by atoms with E-state index in [1.54, 1.807) is 30.3 Å². The Bertz CT molecular complexity index is 815. The van der Waals surface area contributed by atoms with Crippen molar-refractivity contribution in [2.24, 2.45) is 0 Å². The summed E-state index contributed by atoms with van der Waals surface area (Å²) in [7, 11) is 0. The molecule has 0 aromatic heterocycles. The third kappa shape index (κ3) is 4.29. The Balaban J connectivity index is 1.49. The van der Waals surface area contributed by atoms with E-state index >= 15 is 0 Å². The van der Waals surface area contributed by atoms with Gasteiger partial charge in [0, 0.05) is 36.3 Å². The predicted molar refractivity (Wildman–Crippen MR) is 100 cm³/mol. The molecule has 1 atom stereocenters. The Morgan fingerprint density at radius 2 is 1.92 bits per heavy atom. The van der Waals surface area contributed by atoms with E-state index in [0.29, 0.717) is 18.0 Å². The maximum atomic E-state index is 12.2. The quantitative estimate of drug-likeness (QED) is 0.366. The molecule has 0 fully saturated rings. The number of amides is 2. The van der Waals surface area contributed by atoms with Crippen molar-refractivity contribution in [1.82, 2.24) is 10.8 Å². The topological polar surface area (TPSA) is 90.5 Å². The van der Waals surface area contributed by atoms with Crippen LogP contribution in [0.1, 0.15) is 33.8 Å². The fraction of sp³-hybridized carbons (Fsp3) is 0.200. The first-order valence-electron chi connectivity index (χ1n) is 8.50. The van der Waals surface area contributed by atoms with E-state index in [0.717, 1.165) is 18.5 Å². The van der Waals surface area contributed by atoms with Crippen LogP contribution in [0.3, 0.4) is 0 Å². The number of benzene rings is 2. The van der Waals surface area contributed by atoms with Crippen LogP contribution in [0.2, 0.25) is 0 Å². The van der Waals surface area contributed by atoms with Crippen LogP contribution in [0.4, 0.5) is 5.69 Å². The van der Waals surface area contributed by atoms with Gasteiger partial charge in [0.2, 0.25) is 0 Å². The molecule has 2 aromatic carbocycles. The molecular formula is C20H21N3O3. The molecule has 4 N–H and O–H groups in total. The molecule has 0 saturated carbocycles. The van der Waals surface area contributed by atoms with Crippen LogP contribution in [0.5, 0.6) is 0 Å². The molecule has 1 heterocycles. The summed E-state index contributed by atoms with van der Waals surface area (Å²) in [4.78, 5) is 23.2. The summed E-state index contributed by atoms with van der Waals surface area (Å²) < 4.78 is 0. The zero-order valence-corrected chi connectivity index (χ0v) is 14.2. The van der Waals surface area contributed by atoms with Crippen molar-refractivity contribution in [3.8, 4) is 0 Å². The lowest BCUT2D eigenvalue weighted by molar-refractivity contribution is -0.124. The van der Waals surface area contributed by atoms with Gasteiger partial charge in [-0.15, -0.1) is 0 Å². The number of carbonyl (C=O) groups excluding carboxylic acids is 2. The van der Waals surface area contributed by atoms with Crippen molar-refractivity contribution in [2.45, 2.75) is 12.3 Å². The maximum absolute atomic E-state index is 12.2. The Hall–Kier alpha value is -3.12. The van der Waals surface area contributed by atoms with Gasteiger partial charge in [-0.3, -0.25) is 14.8 Å². The lowest BCUT2D eigenvalue weighted by atomic mass is 9.98. The largest absolute Gasteiger partial charge is 0.384 e. The van der Waals surface area contributed by atoms with E-state index in [9.17, 15) is 9.59 Å². The molecule has 2 amide bonds. The summed E-state index contributed by atoms with van der Waals surface area (Å²) >= 11 is 0. The van der Waals surface area contributed by atoms with Gasteiger partial charge in [0.25, 0.3) is 11.8 Å². The Kier molecular flexibility index (Phi) is 5.66. The Morgan fingerprint density at radius 1 is 1.15 bits per heavy atom. The summed E-state index contributed by atoms with van der Waals surface area (Å²) in [5.74, 6) is -0.306. The van der Waals surface area contributed by atoms with Crippen molar-refractivity contribution in [2.75, 3.05) is 18.4 Å². The molecule has 0 radical (unpaired) electrons. The highest BCUT2D eigenvalue weighted by molar-refractivity contribution is 5.94. The van der Waals surface area contributed by atoms with E-state index in [1.807, 2.05) is 12.1 Å². The number of rotatable bonds is 6. The van der Waals surface area contributed by atoms with Crippen LogP contribution >= 0.6 is 0 Å². The number of hydrogen-bond donors (Lipinski definition) is 4.